The number of aromatic hydroxyl groups is 1. The molecular weight excluding hydrogens is 254 g/mol. The molecule has 0 saturated carbocycles. The lowest BCUT2D eigenvalue weighted by Gasteiger charge is -2.36. The second-order valence-electron chi connectivity index (χ2n) is 4.50. The van der Waals surface area contributed by atoms with Crippen LogP contribution in [0.3, 0.4) is 0 Å². The summed E-state index contributed by atoms with van der Waals surface area (Å²) in [5.74, 6) is 0.0258. The van der Waals surface area contributed by atoms with Crippen LogP contribution in [0.25, 0.3) is 0 Å². The highest BCUT2D eigenvalue weighted by Gasteiger charge is 2.33. The van der Waals surface area contributed by atoms with Crippen molar-refractivity contribution in [1.29, 1.82) is 0 Å². The van der Waals surface area contributed by atoms with E-state index in [2.05, 4.69) is 5.32 Å². The van der Waals surface area contributed by atoms with Crippen LogP contribution in [0.4, 0.5) is 0 Å². The van der Waals surface area contributed by atoms with Crippen LogP contribution in [0.15, 0.2) is 24.3 Å². The molecule has 1 aromatic carbocycles. The largest absolute Gasteiger partial charge is 0.507 e. The minimum absolute atomic E-state index is 0.0215. The molecule has 0 spiro atoms. The van der Waals surface area contributed by atoms with E-state index in [4.69, 9.17) is 16.3 Å². The Morgan fingerprint density at radius 1 is 1.39 bits per heavy atom. The molecule has 2 N–H and O–H groups in total. The third kappa shape index (κ3) is 2.76. The number of carbonyl (C=O) groups is 1. The number of hydrogen-bond donors (Lipinski definition) is 2. The number of para-hydroxylation sites is 1. The van der Waals surface area contributed by atoms with E-state index in [1.807, 2.05) is 0 Å². The number of halogens is 1. The van der Waals surface area contributed by atoms with E-state index in [-0.39, 0.29) is 17.2 Å². The fourth-order valence-corrected chi connectivity index (χ4v) is 2.36. The third-order valence-corrected chi connectivity index (χ3v) is 3.74. The van der Waals surface area contributed by atoms with Crippen LogP contribution in [0.1, 0.15) is 23.2 Å². The Bertz CT molecular complexity index is 430. The minimum Gasteiger partial charge on any atom is -0.507 e. The molecule has 1 aromatic rings. The Morgan fingerprint density at radius 3 is 2.67 bits per heavy atom. The molecule has 1 saturated heterocycles. The van der Waals surface area contributed by atoms with Gasteiger partial charge in [0.15, 0.2) is 0 Å². The van der Waals surface area contributed by atoms with Gasteiger partial charge in [-0.25, -0.2) is 0 Å². The molecule has 0 aromatic heterocycles. The van der Waals surface area contributed by atoms with Crippen LogP contribution in [0.2, 0.25) is 0 Å². The number of ether oxygens (including phenoxy) is 1. The predicted molar refractivity (Wildman–Crippen MR) is 69.1 cm³/mol. The van der Waals surface area contributed by atoms with Gasteiger partial charge in [0.1, 0.15) is 5.75 Å². The lowest BCUT2D eigenvalue weighted by molar-refractivity contribution is 0.0433. The maximum atomic E-state index is 12.1. The minimum atomic E-state index is -0.431. The zero-order valence-electron chi connectivity index (χ0n) is 9.99. The number of phenolic OH excluding ortho intramolecular Hbond substituents is 1. The molecule has 1 aliphatic rings. The zero-order valence-corrected chi connectivity index (χ0v) is 10.7. The van der Waals surface area contributed by atoms with Crippen LogP contribution < -0.4 is 5.32 Å². The standard InChI is InChI=1S/C13H16ClNO3/c14-9-13(5-7-18-8-6-13)15-12(17)10-3-1-2-4-11(10)16/h1-4,16H,5-9H2,(H,15,17). The predicted octanol–water partition coefficient (Wildman–Crippen LogP) is 1.91. The number of alkyl halides is 1. The van der Waals surface area contributed by atoms with Crippen molar-refractivity contribution in [2.75, 3.05) is 19.1 Å². The van der Waals surface area contributed by atoms with Crippen LogP contribution >= 0.6 is 11.6 Å². The summed E-state index contributed by atoms with van der Waals surface area (Å²) in [6.07, 6.45) is 1.38. The van der Waals surface area contributed by atoms with E-state index in [1.165, 1.54) is 6.07 Å². The molecule has 0 unspecified atom stereocenters. The molecule has 5 heteroatoms. The van der Waals surface area contributed by atoms with Crippen molar-refractivity contribution in [2.24, 2.45) is 0 Å². The summed E-state index contributed by atoms with van der Waals surface area (Å²) < 4.78 is 5.28. The number of rotatable bonds is 3. The molecule has 1 fully saturated rings. The Kier molecular flexibility index (Phi) is 4.09. The molecule has 98 valence electrons. The molecule has 0 bridgehead atoms. The van der Waals surface area contributed by atoms with E-state index < -0.39 is 5.54 Å². The van der Waals surface area contributed by atoms with Crippen molar-refractivity contribution in [3.05, 3.63) is 29.8 Å². The maximum absolute atomic E-state index is 12.1. The Labute approximate surface area is 111 Å². The van der Waals surface area contributed by atoms with Gasteiger partial charge >= 0.3 is 0 Å². The van der Waals surface area contributed by atoms with Crippen LogP contribution in [0.5, 0.6) is 5.75 Å². The monoisotopic (exact) mass is 269 g/mol. The van der Waals surface area contributed by atoms with Crippen molar-refractivity contribution in [3.63, 3.8) is 0 Å². The molecule has 2 rings (SSSR count). The van der Waals surface area contributed by atoms with Gasteiger partial charge in [-0.05, 0) is 25.0 Å². The summed E-state index contributed by atoms with van der Waals surface area (Å²) in [6.45, 7) is 1.18. The molecule has 1 amide bonds. The number of amides is 1. The quantitative estimate of drug-likeness (QED) is 0.824. The zero-order chi connectivity index (χ0) is 13.0. The highest BCUT2D eigenvalue weighted by molar-refractivity contribution is 6.19. The average molecular weight is 270 g/mol. The molecule has 1 aliphatic heterocycles. The topological polar surface area (TPSA) is 58.6 Å². The molecule has 0 radical (unpaired) electrons. The Hall–Kier alpha value is -1.26. The van der Waals surface area contributed by atoms with Gasteiger partial charge < -0.3 is 15.2 Å². The number of nitrogens with one attached hydrogen (secondary N) is 1. The lowest BCUT2D eigenvalue weighted by atomic mass is 9.91. The number of benzene rings is 1. The summed E-state index contributed by atoms with van der Waals surface area (Å²) >= 11 is 5.98. The van der Waals surface area contributed by atoms with Crippen molar-refractivity contribution in [2.45, 2.75) is 18.4 Å². The first-order chi connectivity index (χ1) is 8.67. The summed E-state index contributed by atoms with van der Waals surface area (Å²) in [7, 11) is 0. The number of carbonyl (C=O) groups excluding carboxylic acids is 1. The molecule has 0 atom stereocenters. The fourth-order valence-electron chi connectivity index (χ4n) is 2.03. The highest BCUT2D eigenvalue weighted by atomic mass is 35.5. The van der Waals surface area contributed by atoms with E-state index >= 15 is 0 Å². The van der Waals surface area contributed by atoms with Gasteiger partial charge in [0.2, 0.25) is 0 Å². The Balaban J connectivity index is 2.13. The van der Waals surface area contributed by atoms with Gasteiger partial charge in [-0.2, -0.15) is 0 Å². The molecule has 1 heterocycles. The van der Waals surface area contributed by atoms with Gasteiger partial charge in [-0.1, -0.05) is 12.1 Å². The lowest BCUT2D eigenvalue weighted by Crippen LogP contribution is -2.53. The van der Waals surface area contributed by atoms with Crippen LogP contribution in [0, 0.1) is 0 Å². The number of hydrogen-bond acceptors (Lipinski definition) is 3. The first kappa shape index (κ1) is 13.2. The van der Waals surface area contributed by atoms with E-state index in [0.29, 0.717) is 31.9 Å². The maximum Gasteiger partial charge on any atom is 0.255 e. The van der Waals surface area contributed by atoms with Crippen LogP contribution in [-0.2, 0) is 4.74 Å². The van der Waals surface area contributed by atoms with Gasteiger partial charge in [0.05, 0.1) is 11.1 Å². The van der Waals surface area contributed by atoms with Crippen molar-refractivity contribution >= 4 is 17.5 Å². The molecular formula is C13H16ClNO3. The summed E-state index contributed by atoms with van der Waals surface area (Å²) in [5, 5.41) is 12.6. The summed E-state index contributed by atoms with van der Waals surface area (Å²) in [6, 6.07) is 6.47. The van der Waals surface area contributed by atoms with Crippen molar-refractivity contribution in [1.82, 2.24) is 5.32 Å². The Morgan fingerprint density at radius 2 is 2.06 bits per heavy atom. The number of phenols is 1. The SMILES string of the molecule is O=C(NC1(CCl)CCOCC1)c1ccccc1O. The van der Waals surface area contributed by atoms with Crippen LogP contribution in [-0.4, -0.2) is 35.6 Å². The van der Waals surface area contributed by atoms with E-state index in [9.17, 15) is 9.90 Å². The molecule has 18 heavy (non-hydrogen) atoms. The van der Waals surface area contributed by atoms with Gasteiger partial charge in [-0.3, -0.25) is 4.79 Å². The molecule has 4 nitrogen and oxygen atoms in total. The second kappa shape index (κ2) is 5.59. The third-order valence-electron chi connectivity index (χ3n) is 3.23. The fraction of sp³-hybridized carbons (Fsp3) is 0.462. The normalized spacial score (nSPS) is 18.3. The second-order valence-corrected chi connectivity index (χ2v) is 4.76. The smallest absolute Gasteiger partial charge is 0.255 e. The summed E-state index contributed by atoms with van der Waals surface area (Å²) in [4.78, 5) is 12.1. The van der Waals surface area contributed by atoms with Crippen molar-refractivity contribution in [3.8, 4) is 5.75 Å². The van der Waals surface area contributed by atoms with E-state index in [0.717, 1.165) is 0 Å². The first-order valence-electron chi connectivity index (χ1n) is 5.91. The summed E-state index contributed by atoms with van der Waals surface area (Å²) in [5.41, 5.74) is -0.160. The van der Waals surface area contributed by atoms with Gasteiger partial charge in [-0.15, -0.1) is 11.6 Å². The average Bonchev–Trinajstić information content (AvgIpc) is 2.40. The first-order valence-corrected chi connectivity index (χ1v) is 6.44. The van der Waals surface area contributed by atoms with E-state index in [1.54, 1.807) is 18.2 Å². The molecule has 0 aliphatic carbocycles. The van der Waals surface area contributed by atoms with Crippen molar-refractivity contribution < 1.29 is 14.6 Å². The van der Waals surface area contributed by atoms with Gasteiger partial charge in [0.25, 0.3) is 5.91 Å². The highest BCUT2D eigenvalue weighted by Crippen LogP contribution is 2.24. The van der Waals surface area contributed by atoms with Gasteiger partial charge in [0, 0.05) is 19.1 Å².